The van der Waals surface area contributed by atoms with Crippen molar-refractivity contribution in [2.75, 3.05) is 0 Å². The first-order chi connectivity index (χ1) is 7.19. The molecule has 0 aromatic heterocycles. The van der Waals surface area contributed by atoms with E-state index in [4.69, 9.17) is 16.2 Å². The van der Waals surface area contributed by atoms with Gasteiger partial charge in [-0.2, -0.15) is 0 Å². The van der Waals surface area contributed by atoms with Crippen molar-refractivity contribution in [1.29, 1.82) is 0 Å². The molecular formula is C10H20N2O4. The van der Waals surface area contributed by atoms with E-state index in [9.17, 15) is 15.3 Å². The van der Waals surface area contributed by atoms with Gasteiger partial charge in [-0.05, 0) is 12.8 Å². The number of ether oxygens (including phenoxy) is 1. The van der Waals surface area contributed by atoms with Gasteiger partial charge in [0, 0.05) is 5.92 Å². The summed E-state index contributed by atoms with van der Waals surface area (Å²) in [6.45, 7) is 5.25. The maximum absolute atomic E-state index is 9.93. The van der Waals surface area contributed by atoms with Crippen LogP contribution in [0.4, 0.5) is 0 Å². The number of hydrogen-bond donors (Lipinski definition) is 5. The van der Waals surface area contributed by atoms with Crippen molar-refractivity contribution in [3.05, 3.63) is 11.6 Å². The van der Waals surface area contributed by atoms with Crippen molar-refractivity contribution >= 4 is 0 Å². The van der Waals surface area contributed by atoms with Gasteiger partial charge < -0.3 is 31.5 Å². The number of nitrogens with two attached hydrogens (primary N) is 2. The molecule has 0 aliphatic carbocycles. The van der Waals surface area contributed by atoms with Crippen LogP contribution in [0.5, 0.6) is 0 Å². The van der Waals surface area contributed by atoms with Crippen LogP contribution < -0.4 is 11.5 Å². The van der Waals surface area contributed by atoms with Gasteiger partial charge in [0.15, 0.2) is 0 Å². The Morgan fingerprint density at radius 1 is 1.38 bits per heavy atom. The third-order valence-corrected chi connectivity index (χ3v) is 3.11. The van der Waals surface area contributed by atoms with E-state index in [0.29, 0.717) is 0 Å². The van der Waals surface area contributed by atoms with Gasteiger partial charge in [0.1, 0.15) is 11.8 Å². The molecule has 7 N–H and O–H groups in total. The van der Waals surface area contributed by atoms with Crippen LogP contribution in [0.15, 0.2) is 11.6 Å². The Bertz CT molecular complexity index is 301. The molecule has 0 bridgehead atoms. The van der Waals surface area contributed by atoms with E-state index in [2.05, 4.69) is 0 Å². The van der Waals surface area contributed by atoms with Crippen LogP contribution in [0.25, 0.3) is 0 Å². The molecule has 6 heteroatoms. The number of aliphatic hydroxyl groups excluding tert-OH is 3. The Morgan fingerprint density at radius 3 is 2.31 bits per heavy atom. The highest BCUT2D eigenvalue weighted by Gasteiger charge is 2.48. The quantitative estimate of drug-likeness (QED) is 0.410. The number of aliphatic hydroxyl groups is 3. The normalized spacial score (nSPS) is 40.8. The minimum Gasteiger partial charge on any atom is -0.480 e. The summed E-state index contributed by atoms with van der Waals surface area (Å²) < 4.78 is 4.83. The molecule has 1 rings (SSSR count). The predicted octanol–water partition coefficient (Wildman–Crippen LogP) is -0.629. The van der Waals surface area contributed by atoms with Gasteiger partial charge in [-0.3, -0.25) is 0 Å². The first-order valence-corrected chi connectivity index (χ1v) is 5.19. The summed E-state index contributed by atoms with van der Waals surface area (Å²) in [5.74, 6) is -1.26. The largest absolute Gasteiger partial charge is 0.480 e. The molecule has 0 saturated heterocycles. The fraction of sp³-hybridized carbons (Fsp3) is 0.800. The van der Waals surface area contributed by atoms with E-state index >= 15 is 0 Å². The van der Waals surface area contributed by atoms with E-state index < -0.39 is 29.8 Å². The van der Waals surface area contributed by atoms with Crippen molar-refractivity contribution < 1.29 is 20.1 Å². The Labute approximate surface area is 94.5 Å². The van der Waals surface area contributed by atoms with Crippen LogP contribution in [0.1, 0.15) is 20.8 Å². The summed E-state index contributed by atoms with van der Waals surface area (Å²) in [6.07, 6.45) is -2.57. The van der Waals surface area contributed by atoms with E-state index in [-0.39, 0.29) is 11.6 Å². The van der Waals surface area contributed by atoms with Crippen molar-refractivity contribution in [2.45, 2.75) is 38.7 Å². The molecule has 0 aromatic carbocycles. The lowest BCUT2D eigenvalue weighted by Crippen LogP contribution is -2.59. The average molecular weight is 232 g/mol. The van der Waals surface area contributed by atoms with Gasteiger partial charge in [-0.25, -0.2) is 0 Å². The molecule has 0 aromatic rings. The zero-order valence-corrected chi connectivity index (χ0v) is 9.71. The SMILES string of the molecule is CC(C)C1C(O)OC(O)=C(N)C(O)C1(C)N. The second-order valence-electron chi connectivity index (χ2n) is 4.81. The van der Waals surface area contributed by atoms with Gasteiger partial charge >= 0.3 is 5.95 Å². The van der Waals surface area contributed by atoms with Crippen LogP contribution in [0, 0.1) is 11.8 Å². The predicted molar refractivity (Wildman–Crippen MR) is 57.9 cm³/mol. The molecule has 0 amide bonds. The van der Waals surface area contributed by atoms with Crippen molar-refractivity contribution in [3.8, 4) is 0 Å². The fourth-order valence-corrected chi connectivity index (χ4v) is 2.24. The fourth-order valence-electron chi connectivity index (χ4n) is 2.24. The maximum Gasteiger partial charge on any atom is 0.301 e. The second-order valence-corrected chi connectivity index (χ2v) is 4.81. The summed E-state index contributed by atoms with van der Waals surface area (Å²) in [4.78, 5) is 0. The molecule has 1 aliphatic heterocycles. The van der Waals surface area contributed by atoms with Crippen molar-refractivity contribution in [2.24, 2.45) is 23.3 Å². The molecule has 1 aliphatic rings. The molecule has 94 valence electrons. The second kappa shape index (κ2) is 4.12. The highest BCUT2D eigenvalue weighted by molar-refractivity contribution is 5.16. The molecule has 0 fully saturated rings. The zero-order chi connectivity index (χ0) is 12.7. The molecule has 0 spiro atoms. The summed E-state index contributed by atoms with van der Waals surface area (Å²) >= 11 is 0. The minimum absolute atomic E-state index is 0.0432. The molecule has 6 nitrogen and oxygen atoms in total. The Kier molecular flexibility index (Phi) is 3.37. The number of hydrogen-bond acceptors (Lipinski definition) is 6. The first kappa shape index (κ1) is 13.1. The lowest BCUT2D eigenvalue weighted by atomic mass is 9.74. The Hall–Kier alpha value is -0.980. The zero-order valence-electron chi connectivity index (χ0n) is 9.71. The topological polar surface area (TPSA) is 122 Å². The lowest BCUT2D eigenvalue weighted by molar-refractivity contribution is -0.156. The summed E-state index contributed by atoms with van der Waals surface area (Å²) in [7, 11) is 0. The minimum atomic E-state index is -1.30. The van der Waals surface area contributed by atoms with Gasteiger partial charge in [0.05, 0.1) is 5.54 Å². The van der Waals surface area contributed by atoms with E-state index in [0.717, 1.165) is 0 Å². The molecule has 0 saturated carbocycles. The third-order valence-electron chi connectivity index (χ3n) is 3.11. The molecule has 4 unspecified atom stereocenters. The maximum atomic E-state index is 9.93. The molecule has 16 heavy (non-hydrogen) atoms. The monoisotopic (exact) mass is 232 g/mol. The van der Waals surface area contributed by atoms with Gasteiger partial charge in [0.25, 0.3) is 0 Å². The van der Waals surface area contributed by atoms with Gasteiger partial charge in [-0.1, -0.05) is 13.8 Å². The molecule has 1 heterocycles. The van der Waals surface area contributed by atoms with Gasteiger partial charge in [0.2, 0.25) is 6.29 Å². The lowest BCUT2D eigenvalue weighted by Gasteiger charge is -2.39. The highest BCUT2D eigenvalue weighted by atomic mass is 16.7. The summed E-state index contributed by atoms with van der Waals surface area (Å²) in [5, 5.41) is 29.1. The summed E-state index contributed by atoms with van der Waals surface area (Å²) in [5.41, 5.74) is 10.0. The molecule has 4 atom stereocenters. The Balaban J connectivity index is 3.19. The van der Waals surface area contributed by atoms with Crippen LogP contribution in [-0.4, -0.2) is 33.3 Å². The van der Waals surface area contributed by atoms with Crippen LogP contribution in [0.2, 0.25) is 0 Å². The van der Waals surface area contributed by atoms with Crippen molar-refractivity contribution in [3.63, 3.8) is 0 Å². The third kappa shape index (κ3) is 1.95. The number of rotatable bonds is 1. The average Bonchev–Trinajstić information content (AvgIpc) is 2.17. The first-order valence-electron chi connectivity index (χ1n) is 5.19. The van der Waals surface area contributed by atoms with Crippen LogP contribution in [0.3, 0.4) is 0 Å². The highest BCUT2D eigenvalue weighted by Crippen LogP contribution is 2.35. The van der Waals surface area contributed by atoms with Gasteiger partial charge in [-0.15, -0.1) is 0 Å². The van der Waals surface area contributed by atoms with Crippen LogP contribution >= 0.6 is 0 Å². The smallest absolute Gasteiger partial charge is 0.301 e. The van der Waals surface area contributed by atoms with E-state index in [1.54, 1.807) is 6.92 Å². The molecular weight excluding hydrogens is 212 g/mol. The Morgan fingerprint density at radius 2 is 1.88 bits per heavy atom. The standard InChI is InChI=1S/C10H20N2O4/c1-4(2)5-8(14)16-9(15)6(11)7(13)10(5,3)12/h4-5,7-8,13-15H,11-12H2,1-3H3. The van der Waals surface area contributed by atoms with Crippen molar-refractivity contribution in [1.82, 2.24) is 0 Å². The molecule has 0 radical (unpaired) electrons. The van der Waals surface area contributed by atoms with E-state index in [1.807, 2.05) is 13.8 Å². The summed E-state index contributed by atoms with van der Waals surface area (Å²) in [6, 6.07) is 0. The van der Waals surface area contributed by atoms with Crippen LogP contribution in [-0.2, 0) is 4.74 Å². The van der Waals surface area contributed by atoms with E-state index in [1.165, 1.54) is 0 Å².